The number of anilines is 1. The molecule has 3 aromatic heterocycles. The number of hydrogen-bond donors (Lipinski definition) is 1. The van der Waals surface area contributed by atoms with Crippen LogP contribution < -0.4 is 5.73 Å². The van der Waals surface area contributed by atoms with Crippen LogP contribution in [-0.4, -0.2) is 31.2 Å². The Morgan fingerprint density at radius 2 is 1.96 bits per heavy atom. The van der Waals surface area contributed by atoms with Crippen molar-refractivity contribution in [1.82, 2.24) is 19.7 Å². The molecule has 3 aromatic rings. The fraction of sp³-hybridized carbons (Fsp3) is 0.294. The van der Waals surface area contributed by atoms with Crippen molar-refractivity contribution in [2.24, 2.45) is 0 Å². The Kier molecular flexibility index (Phi) is 4.63. The number of nitrogens with zero attached hydrogens (tertiary/aromatic N) is 4. The van der Waals surface area contributed by atoms with Gasteiger partial charge in [0.15, 0.2) is 16.8 Å². The van der Waals surface area contributed by atoms with Crippen LogP contribution in [-0.2, 0) is 0 Å². The second kappa shape index (κ2) is 6.72. The molecule has 0 aliphatic heterocycles. The van der Waals surface area contributed by atoms with Crippen LogP contribution in [0.5, 0.6) is 0 Å². The molecule has 3 rings (SSSR count). The quantitative estimate of drug-likeness (QED) is 0.425. The largest absolute Gasteiger partial charge is 0.384 e. The molecule has 130 valence electrons. The fourth-order valence-corrected chi connectivity index (χ4v) is 3.49. The molecule has 0 radical (unpaired) electrons. The van der Waals surface area contributed by atoms with Gasteiger partial charge in [0.2, 0.25) is 0 Å². The van der Waals surface area contributed by atoms with E-state index in [0.29, 0.717) is 22.4 Å². The van der Waals surface area contributed by atoms with Crippen molar-refractivity contribution >= 4 is 23.4 Å². The maximum absolute atomic E-state index is 12.6. The molecule has 0 unspecified atom stereocenters. The zero-order valence-corrected chi connectivity index (χ0v) is 15.3. The summed E-state index contributed by atoms with van der Waals surface area (Å²) in [5, 5.41) is 4.54. The third-order valence-corrected chi connectivity index (χ3v) is 4.61. The highest BCUT2D eigenvalue weighted by molar-refractivity contribution is 7.99. The summed E-state index contributed by atoms with van der Waals surface area (Å²) >= 11 is 1.28. The number of Topliss-reactive ketones (excluding diaryl/α,β-unsaturated/α-hetero) is 1. The molecule has 0 bridgehead atoms. The molecule has 2 N–H and O–H groups in total. The number of nitrogen functional groups attached to an aromatic ring is 1. The standard InChI is InChI=1S/C17H19N5O2S/c1-9-5-15(18)20-17(19-9)25-8-14(23)13-6-10(2)22(12(13)4)16-7-11(3)24-21-16/h5-7H,8H2,1-4H3,(H2,18,19,20). The van der Waals surface area contributed by atoms with Crippen LogP contribution in [0, 0.1) is 27.7 Å². The molecule has 0 aliphatic carbocycles. The van der Waals surface area contributed by atoms with Crippen LogP contribution in [0.25, 0.3) is 5.82 Å². The van der Waals surface area contributed by atoms with Gasteiger partial charge in [0.05, 0.1) is 5.75 Å². The van der Waals surface area contributed by atoms with E-state index < -0.39 is 0 Å². The number of aromatic nitrogens is 4. The Labute approximate surface area is 149 Å². The van der Waals surface area contributed by atoms with E-state index in [2.05, 4.69) is 15.1 Å². The zero-order valence-electron chi connectivity index (χ0n) is 14.5. The summed E-state index contributed by atoms with van der Waals surface area (Å²) < 4.78 is 7.05. The first kappa shape index (κ1) is 17.2. The lowest BCUT2D eigenvalue weighted by molar-refractivity contribution is 0.102. The van der Waals surface area contributed by atoms with Crippen molar-refractivity contribution < 1.29 is 9.32 Å². The van der Waals surface area contributed by atoms with Gasteiger partial charge in [0, 0.05) is 34.8 Å². The van der Waals surface area contributed by atoms with Crippen LogP contribution in [0.2, 0.25) is 0 Å². The minimum absolute atomic E-state index is 0.00763. The number of nitrogens with two attached hydrogens (primary N) is 1. The summed E-state index contributed by atoms with van der Waals surface area (Å²) in [5.74, 6) is 2.05. The summed E-state index contributed by atoms with van der Waals surface area (Å²) in [4.78, 5) is 21.1. The van der Waals surface area contributed by atoms with Crippen molar-refractivity contribution in [2.45, 2.75) is 32.9 Å². The first-order valence-electron chi connectivity index (χ1n) is 7.75. The molecule has 0 aliphatic rings. The van der Waals surface area contributed by atoms with Gasteiger partial charge in [0.25, 0.3) is 0 Å². The highest BCUT2D eigenvalue weighted by Gasteiger charge is 2.19. The third kappa shape index (κ3) is 3.58. The lowest BCUT2D eigenvalue weighted by Crippen LogP contribution is -2.06. The lowest BCUT2D eigenvalue weighted by atomic mass is 10.2. The fourth-order valence-electron chi connectivity index (χ4n) is 2.69. The van der Waals surface area contributed by atoms with Crippen LogP contribution in [0.1, 0.15) is 33.2 Å². The number of carbonyl (C=O) groups is 1. The van der Waals surface area contributed by atoms with Crippen molar-refractivity contribution in [1.29, 1.82) is 0 Å². The number of ketones is 1. The molecular weight excluding hydrogens is 338 g/mol. The molecule has 0 amide bonds. The third-order valence-electron chi connectivity index (χ3n) is 3.76. The van der Waals surface area contributed by atoms with E-state index in [9.17, 15) is 4.79 Å². The summed E-state index contributed by atoms with van der Waals surface area (Å²) in [5.41, 5.74) is 8.92. The number of rotatable bonds is 5. The highest BCUT2D eigenvalue weighted by Crippen LogP contribution is 2.23. The van der Waals surface area contributed by atoms with E-state index in [-0.39, 0.29) is 11.5 Å². The van der Waals surface area contributed by atoms with E-state index in [4.69, 9.17) is 10.3 Å². The van der Waals surface area contributed by atoms with Crippen molar-refractivity contribution in [3.63, 3.8) is 0 Å². The molecule has 7 nitrogen and oxygen atoms in total. The Balaban J connectivity index is 1.81. The van der Waals surface area contributed by atoms with Gasteiger partial charge < -0.3 is 10.3 Å². The van der Waals surface area contributed by atoms with Gasteiger partial charge in [-0.2, -0.15) is 0 Å². The molecule has 0 saturated heterocycles. The molecular formula is C17H19N5O2S. The van der Waals surface area contributed by atoms with Crippen LogP contribution in [0.15, 0.2) is 27.9 Å². The maximum atomic E-state index is 12.6. The second-order valence-corrected chi connectivity index (χ2v) is 6.79. The predicted molar refractivity (Wildman–Crippen MR) is 96.3 cm³/mol. The molecule has 8 heteroatoms. The molecule has 0 saturated carbocycles. The van der Waals surface area contributed by atoms with E-state index in [1.54, 1.807) is 6.07 Å². The van der Waals surface area contributed by atoms with E-state index in [1.807, 2.05) is 44.4 Å². The molecule has 0 aromatic carbocycles. The summed E-state index contributed by atoms with van der Waals surface area (Å²) in [6.45, 7) is 7.51. The molecule has 3 heterocycles. The number of aryl methyl sites for hydroxylation is 3. The first-order valence-corrected chi connectivity index (χ1v) is 8.73. The minimum Gasteiger partial charge on any atom is -0.384 e. The van der Waals surface area contributed by atoms with Gasteiger partial charge in [-0.15, -0.1) is 0 Å². The van der Waals surface area contributed by atoms with E-state index >= 15 is 0 Å². The van der Waals surface area contributed by atoms with E-state index in [1.165, 1.54) is 11.8 Å². The SMILES string of the molecule is Cc1cc(N)nc(SCC(=O)c2cc(C)n(-c3cc(C)on3)c2C)n1. The second-order valence-electron chi connectivity index (χ2n) is 5.84. The van der Waals surface area contributed by atoms with Gasteiger partial charge in [-0.25, -0.2) is 9.97 Å². The van der Waals surface area contributed by atoms with Crippen LogP contribution >= 0.6 is 11.8 Å². The van der Waals surface area contributed by atoms with Gasteiger partial charge in [-0.05, 0) is 33.8 Å². The average Bonchev–Trinajstić information content (AvgIpc) is 3.07. The zero-order chi connectivity index (χ0) is 18.1. The first-order chi connectivity index (χ1) is 11.8. The molecule has 0 atom stereocenters. The minimum atomic E-state index is 0.00763. The Morgan fingerprint density at radius 1 is 1.20 bits per heavy atom. The topological polar surface area (TPSA) is 99.8 Å². The Morgan fingerprint density at radius 3 is 2.60 bits per heavy atom. The summed E-state index contributed by atoms with van der Waals surface area (Å²) in [6.07, 6.45) is 0. The monoisotopic (exact) mass is 357 g/mol. The normalized spacial score (nSPS) is 11.0. The number of carbonyl (C=O) groups excluding carboxylic acids is 1. The number of hydrogen-bond acceptors (Lipinski definition) is 7. The van der Waals surface area contributed by atoms with Crippen molar-refractivity contribution in [3.05, 3.63) is 46.6 Å². The lowest BCUT2D eigenvalue weighted by Gasteiger charge is -2.05. The Bertz CT molecular complexity index is 924. The smallest absolute Gasteiger partial charge is 0.190 e. The van der Waals surface area contributed by atoms with Gasteiger partial charge in [-0.3, -0.25) is 9.36 Å². The maximum Gasteiger partial charge on any atom is 0.190 e. The average molecular weight is 357 g/mol. The summed E-state index contributed by atoms with van der Waals surface area (Å²) in [6, 6.07) is 5.40. The molecule has 0 spiro atoms. The van der Waals surface area contributed by atoms with Crippen LogP contribution in [0.3, 0.4) is 0 Å². The van der Waals surface area contributed by atoms with E-state index in [0.717, 1.165) is 22.8 Å². The molecule has 0 fully saturated rings. The highest BCUT2D eigenvalue weighted by atomic mass is 32.2. The number of thioether (sulfide) groups is 1. The van der Waals surface area contributed by atoms with Crippen molar-refractivity contribution in [3.8, 4) is 5.82 Å². The predicted octanol–water partition coefficient (Wildman–Crippen LogP) is 3.05. The molecule has 25 heavy (non-hydrogen) atoms. The van der Waals surface area contributed by atoms with Gasteiger partial charge in [-0.1, -0.05) is 16.9 Å². The summed E-state index contributed by atoms with van der Waals surface area (Å²) in [7, 11) is 0. The Hall–Kier alpha value is -2.61. The van der Waals surface area contributed by atoms with Gasteiger partial charge >= 0.3 is 0 Å². The van der Waals surface area contributed by atoms with Gasteiger partial charge in [0.1, 0.15) is 11.6 Å². The van der Waals surface area contributed by atoms with Crippen molar-refractivity contribution in [2.75, 3.05) is 11.5 Å². The van der Waals surface area contributed by atoms with Crippen LogP contribution in [0.4, 0.5) is 5.82 Å².